The highest BCUT2D eigenvalue weighted by Crippen LogP contribution is 2.33. The van der Waals surface area contributed by atoms with Crippen molar-refractivity contribution < 1.29 is 14.2 Å². The lowest BCUT2D eigenvalue weighted by Crippen LogP contribution is -2.41. The number of halogens is 1. The molecular formula is C26H38IN3O3. The Morgan fingerprint density at radius 1 is 1.12 bits per heavy atom. The van der Waals surface area contributed by atoms with Crippen LogP contribution in [0.1, 0.15) is 42.1 Å². The van der Waals surface area contributed by atoms with Gasteiger partial charge in [-0.05, 0) is 37.0 Å². The summed E-state index contributed by atoms with van der Waals surface area (Å²) in [6, 6.07) is 16.8. The number of aryl methyl sites for hydroxylation is 1. The minimum absolute atomic E-state index is 0. The molecule has 0 spiro atoms. The lowest BCUT2D eigenvalue weighted by molar-refractivity contribution is -0.0265. The van der Waals surface area contributed by atoms with Crippen LogP contribution in [0.15, 0.2) is 53.5 Å². The third-order valence-electron chi connectivity index (χ3n) is 5.75. The van der Waals surface area contributed by atoms with Gasteiger partial charge in [0.05, 0.1) is 12.7 Å². The minimum atomic E-state index is 0. The van der Waals surface area contributed by atoms with Gasteiger partial charge in [-0.3, -0.25) is 4.99 Å². The summed E-state index contributed by atoms with van der Waals surface area (Å²) in [7, 11) is 3.51. The van der Waals surface area contributed by atoms with Crippen LogP contribution in [-0.2, 0) is 16.0 Å². The Morgan fingerprint density at radius 3 is 2.70 bits per heavy atom. The van der Waals surface area contributed by atoms with Crippen molar-refractivity contribution >= 4 is 29.9 Å². The van der Waals surface area contributed by atoms with E-state index in [4.69, 9.17) is 14.2 Å². The molecule has 3 rings (SSSR count). The molecule has 1 saturated heterocycles. The highest BCUT2D eigenvalue weighted by atomic mass is 127. The zero-order chi connectivity index (χ0) is 22.6. The van der Waals surface area contributed by atoms with E-state index < -0.39 is 0 Å². The molecular weight excluding hydrogens is 529 g/mol. The van der Waals surface area contributed by atoms with E-state index >= 15 is 0 Å². The Labute approximate surface area is 215 Å². The van der Waals surface area contributed by atoms with Crippen LogP contribution in [0.4, 0.5) is 0 Å². The number of ether oxygens (including phenoxy) is 3. The zero-order valence-electron chi connectivity index (χ0n) is 20.0. The van der Waals surface area contributed by atoms with Crippen LogP contribution < -0.4 is 15.4 Å². The van der Waals surface area contributed by atoms with Gasteiger partial charge < -0.3 is 24.8 Å². The molecule has 2 atom stereocenters. The van der Waals surface area contributed by atoms with Crippen LogP contribution in [0.3, 0.4) is 0 Å². The molecule has 0 aliphatic carbocycles. The molecule has 0 saturated carbocycles. The second kappa shape index (κ2) is 15.1. The van der Waals surface area contributed by atoms with Crippen molar-refractivity contribution in [1.82, 2.24) is 10.6 Å². The lowest BCUT2D eigenvalue weighted by Gasteiger charge is -2.32. The van der Waals surface area contributed by atoms with Gasteiger partial charge in [0.25, 0.3) is 0 Å². The third kappa shape index (κ3) is 8.79. The van der Waals surface area contributed by atoms with Gasteiger partial charge >= 0.3 is 0 Å². The van der Waals surface area contributed by atoms with Gasteiger partial charge in [-0.15, -0.1) is 24.0 Å². The van der Waals surface area contributed by atoms with Crippen LogP contribution in [0.5, 0.6) is 5.75 Å². The van der Waals surface area contributed by atoms with Crippen LogP contribution in [0.2, 0.25) is 0 Å². The highest BCUT2D eigenvalue weighted by Gasteiger charge is 2.27. The predicted octanol–water partition coefficient (Wildman–Crippen LogP) is 4.86. The molecule has 2 N–H and O–H groups in total. The van der Waals surface area contributed by atoms with Gasteiger partial charge in [0.2, 0.25) is 0 Å². The molecule has 6 nitrogen and oxygen atoms in total. The maximum atomic E-state index is 6.13. The van der Waals surface area contributed by atoms with E-state index in [9.17, 15) is 0 Å². The summed E-state index contributed by atoms with van der Waals surface area (Å²) in [5.74, 6) is 2.10. The van der Waals surface area contributed by atoms with Crippen molar-refractivity contribution in [1.29, 1.82) is 0 Å². The number of nitrogens with zero attached hydrogens (tertiary/aromatic N) is 1. The molecule has 0 bridgehead atoms. The summed E-state index contributed by atoms with van der Waals surface area (Å²) in [5, 5.41) is 6.94. The maximum Gasteiger partial charge on any atom is 0.191 e. The molecule has 7 heteroatoms. The SMILES string of the molecule is CN=C(NCc1ccc(C)cc1OCCCOC)NCC1CCCOC1c1ccccc1.I. The van der Waals surface area contributed by atoms with Gasteiger partial charge in [-0.1, -0.05) is 42.5 Å². The fourth-order valence-electron chi connectivity index (χ4n) is 4.02. The van der Waals surface area contributed by atoms with E-state index in [-0.39, 0.29) is 30.1 Å². The van der Waals surface area contributed by atoms with E-state index in [0.29, 0.717) is 25.7 Å². The number of hydrogen-bond acceptors (Lipinski definition) is 4. The average Bonchev–Trinajstić information content (AvgIpc) is 2.83. The topological polar surface area (TPSA) is 64.1 Å². The number of benzene rings is 2. The zero-order valence-corrected chi connectivity index (χ0v) is 22.3. The normalized spacial score (nSPS) is 18.3. The quantitative estimate of drug-likeness (QED) is 0.186. The molecule has 1 aliphatic rings. The first-order chi connectivity index (χ1) is 15.7. The number of guanidine groups is 1. The molecule has 182 valence electrons. The smallest absolute Gasteiger partial charge is 0.191 e. The van der Waals surface area contributed by atoms with Crippen LogP contribution in [0, 0.1) is 12.8 Å². The molecule has 1 heterocycles. The number of rotatable bonds is 10. The second-order valence-corrected chi connectivity index (χ2v) is 8.22. The lowest BCUT2D eigenvalue weighted by atomic mass is 9.89. The Balaban J connectivity index is 0.00000385. The summed E-state index contributed by atoms with van der Waals surface area (Å²) in [4.78, 5) is 4.42. The van der Waals surface area contributed by atoms with Crippen molar-refractivity contribution in [3.8, 4) is 5.75 Å². The summed E-state index contributed by atoms with van der Waals surface area (Å²) in [5.41, 5.74) is 3.54. The summed E-state index contributed by atoms with van der Waals surface area (Å²) < 4.78 is 17.2. The van der Waals surface area contributed by atoms with Gasteiger partial charge in [-0.2, -0.15) is 0 Å². The Hall–Kier alpha value is -1.84. The van der Waals surface area contributed by atoms with Gasteiger partial charge in [0, 0.05) is 58.4 Å². The Kier molecular flexibility index (Phi) is 12.6. The van der Waals surface area contributed by atoms with Gasteiger partial charge in [0.1, 0.15) is 5.75 Å². The number of hydrogen-bond donors (Lipinski definition) is 2. The van der Waals surface area contributed by atoms with Crippen molar-refractivity contribution in [3.63, 3.8) is 0 Å². The third-order valence-corrected chi connectivity index (χ3v) is 5.75. The van der Waals surface area contributed by atoms with Gasteiger partial charge in [0.15, 0.2) is 5.96 Å². The summed E-state index contributed by atoms with van der Waals surface area (Å²) in [6.45, 7) is 5.69. The van der Waals surface area contributed by atoms with E-state index in [1.54, 1.807) is 14.2 Å². The minimum Gasteiger partial charge on any atom is -0.493 e. The highest BCUT2D eigenvalue weighted by molar-refractivity contribution is 14.0. The number of methoxy groups -OCH3 is 1. The van der Waals surface area contributed by atoms with E-state index in [1.165, 1.54) is 11.1 Å². The number of aliphatic imine (C=N–C) groups is 1. The first-order valence-corrected chi connectivity index (χ1v) is 11.5. The molecule has 1 aliphatic heterocycles. The van der Waals surface area contributed by atoms with E-state index in [2.05, 4.69) is 65.0 Å². The second-order valence-electron chi connectivity index (χ2n) is 8.22. The largest absolute Gasteiger partial charge is 0.493 e. The van der Waals surface area contributed by atoms with E-state index in [1.807, 2.05) is 6.07 Å². The molecule has 2 unspecified atom stereocenters. The van der Waals surface area contributed by atoms with Crippen molar-refractivity contribution in [3.05, 3.63) is 65.2 Å². The fourth-order valence-corrected chi connectivity index (χ4v) is 4.02. The van der Waals surface area contributed by atoms with Crippen LogP contribution in [0.25, 0.3) is 0 Å². The van der Waals surface area contributed by atoms with Gasteiger partial charge in [-0.25, -0.2) is 0 Å². The van der Waals surface area contributed by atoms with Crippen molar-refractivity contribution in [2.24, 2.45) is 10.9 Å². The average molecular weight is 568 g/mol. The molecule has 0 amide bonds. The summed E-state index contributed by atoms with van der Waals surface area (Å²) >= 11 is 0. The summed E-state index contributed by atoms with van der Waals surface area (Å²) in [6.07, 6.45) is 3.22. The molecule has 0 radical (unpaired) electrons. The molecule has 2 aromatic rings. The predicted molar refractivity (Wildman–Crippen MR) is 145 cm³/mol. The maximum absolute atomic E-state index is 6.13. The molecule has 33 heavy (non-hydrogen) atoms. The standard InChI is InChI=1S/C26H37N3O3.HI/c1-20-12-13-22(24(17-20)31-16-8-14-30-3)18-28-26(27-2)29-19-23-11-7-15-32-25(23)21-9-5-4-6-10-21;/h4-6,9-10,12-13,17,23,25H,7-8,11,14-16,18-19H2,1-3H3,(H2,27,28,29);1H. The first-order valence-electron chi connectivity index (χ1n) is 11.5. The monoisotopic (exact) mass is 567 g/mol. The van der Waals surface area contributed by atoms with Crippen LogP contribution in [-0.4, -0.2) is 46.5 Å². The molecule has 1 fully saturated rings. The fraction of sp³-hybridized carbons (Fsp3) is 0.500. The van der Waals surface area contributed by atoms with E-state index in [0.717, 1.165) is 49.7 Å². The molecule has 2 aromatic carbocycles. The van der Waals surface area contributed by atoms with Crippen molar-refractivity contribution in [2.45, 2.75) is 38.8 Å². The Bertz CT molecular complexity index is 848. The Morgan fingerprint density at radius 2 is 1.94 bits per heavy atom. The van der Waals surface area contributed by atoms with Crippen molar-refractivity contribution in [2.75, 3.05) is 40.5 Å². The van der Waals surface area contributed by atoms with Crippen LogP contribution >= 0.6 is 24.0 Å². The molecule has 0 aromatic heterocycles. The number of nitrogens with one attached hydrogen (secondary N) is 2. The first kappa shape index (κ1) is 27.4.